The molecule has 0 amide bonds. The molecule has 1 fully saturated rings. The smallest absolute Gasteiger partial charge is 0.450 e. The molecule has 0 radical (unpaired) electrons. The molecule has 7 heteroatoms. The third-order valence-corrected chi connectivity index (χ3v) is 6.84. The van der Waals surface area contributed by atoms with Crippen molar-refractivity contribution in [3.05, 3.63) is 77.9 Å². The molecular weight excluding hydrogens is 448 g/mol. The number of nitrogens with zero attached hydrogens (tertiary/aromatic N) is 1. The van der Waals surface area contributed by atoms with E-state index < -0.39 is 6.16 Å². The van der Waals surface area contributed by atoms with Gasteiger partial charge in [-0.2, -0.15) is 0 Å². The van der Waals surface area contributed by atoms with E-state index in [1.807, 2.05) is 12.1 Å². The SMILES string of the molecule is Cc1ccc2nc(Nc3ccc(-c4ccc(C(=O)C5CCCC5)cc4)cc3)sc2c1.O=C(O)O. The van der Waals surface area contributed by atoms with Gasteiger partial charge in [0.15, 0.2) is 10.9 Å². The molecule has 0 atom stereocenters. The van der Waals surface area contributed by atoms with Gasteiger partial charge in [0, 0.05) is 17.2 Å². The van der Waals surface area contributed by atoms with Gasteiger partial charge < -0.3 is 15.5 Å². The number of aromatic nitrogens is 1. The predicted molar refractivity (Wildman–Crippen MR) is 136 cm³/mol. The van der Waals surface area contributed by atoms with Crippen molar-refractivity contribution in [2.45, 2.75) is 32.6 Å². The summed E-state index contributed by atoms with van der Waals surface area (Å²) < 4.78 is 1.20. The molecule has 34 heavy (non-hydrogen) atoms. The van der Waals surface area contributed by atoms with Crippen molar-refractivity contribution in [1.29, 1.82) is 0 Å². The van der Waals surface area contributed by atoms with Crippen LogP contribution in [0.4, 0.5) is 15.6 Å². The minimum atomic E-state index is -1.83. The minimum absolute atomic E-state index is 0.229. The fourth-order valence-electron chi connectivity index (χ4n) is 4.21. The number of anilines is 2. The van der Waals surface area contributed by atoms with Gasteiger partial charge in [-0.1, -0.05) is 66.6 Å². The van der Waals surface area contributed by atoms with Gasteiger partial charge in [0.05, 0.1) is 10.2 Å². The normalized spacial score (nSPS) is 13.3. The fraction of sp³-hybridized carbons (Fsp3) is 0.222. The molecule has 0 unspecified atom stereocenters. The van der Waals surface area contributed by atoms with Crippen molar-refractivity contribution >= 4 is 44.3 Å². The van der Waals surface area contributed by atoms with E-state index in [0.29, 0.717) is 5.78 Å². The molecule has 0 aliphatic heterocycles. The summed E-state index contributed by atoms with van der Waals surface area (Å²) in [5, 5.41) is 18.3. The summed E-state index contributed by atoms with van der Waals surface area (Å²) in [7, 11) is 0. The van der Waals surface area contributed by atoms with Gasteiger partial charge in [-0.15, -0.1) is 0 Å². The standard InChI is InChI=1S/C26H24N2OS.CH2O3/c1-17-6-15-23-24(16-17)30-26(28-23)27-22-13-11-19(12-14-22)18-7-9-21(10-8-18)25(29)20-4-2-3-5-20;2-1(3)4/h6-16,20H,2-5H2,1H3,(H,27,28);(H2,2,3,4). The van der Waals surface area contributed by atoms with Crippen LogP contribution < -0.4 is 5.32 Å². The first-order chi connectivity index (χ1) is 16.4. The van der Waals surface area contributed by atoms with Gasteiger partial charge in [-0.3, -0.25) is 4.79 Å². The molecule has 0 bridgehead atoms. The molecule has 4 aromatic rings. The van der Waals surface area contributed by atoms with Crippen LogP contribution in [0.15, 0.2) is 66.7 Å². The summed E-state index contributed by atoms with van der Waals surface area (Å²) in [6, 6.07) is 22.7. The Morgan fingerprint density at radius 2 is 1.50 bits per heavy atom. The van der Waals surface area contributed by atoms with Crippen LogP contribution in [0, 0.1) is 12.8 Å². The van der Waals surface area contributed by atoms with E-state index in [1.165, 1.54) is 23.1 Å². The van der Waals surface area contributed by atoms with Crippen molar-refractivity contribution < 1.29 is 19.8 Å². The number of aryl methyl sites for hydroxylation is 1. The lowest BCUT2D eigenvalue weighted by atomic mass is 9.94. The lowest BCUT2D eigenvalue weighted by Crippen LogP contribution is -2.10. The van der Waals surface area contributed by atoms with E-state index in [1.54, 1.807) is 11.3 Å². The predicted octanol–water partition coefficient (Wildman–Crippen LogP) is 7.61. The molecule has 1 aliphatic carbocycles. The zero-order valence-corrected chi connectivity index (χ0v) is 19.6. The van der Waals surface area contributed by atoms with E-state index in [2.05, 4.69) is 71.8 Å². The Kier molecular flexibility index (Phi) is 7.23. The van der Waals surface area contributed by atoms with Gasteiger partial charge in [0.2, 0.25) is 0 Å². The van der Waals surface area contributed by atoms with E-state index in [9.17, 15) is 4.79 Å². The number of carbonyl (C=O) groups excluding carboxylic acids is 1. The number of benzene rings is 3. The van der Waals surface area contributed by atoms with Gasteiger partial charge in [0.1, 0.15) is 0 Å². The monoisotopic (exact) mass is 474 g/mol. The second-order valence-electron chi connectivity index (χ2n) is 8.40. The molecule has 1 heterocycles. The maximum atomic E-state index is 12.6. The Bertz CT molecular complexity index is 1290. The third-order valence-electron chi connectivity index (χ3n) is 5.91. The van der Waals surface area contributed by atoms with Crippen LogP contribution >= 0.6 is 11.3 Å². The molecule has 3 aromatic carbocycles. The Labute approximate surface area is 201 Å². The maximum absolute atomic E-state index is 12.6. The number of ketones is 1. The third kappa shape index (κ3) is 5.80. The first-order valence-corrected chi connectivity index (χ1v) is 12.0. The molecule has 174 valence electrons. The number of fused-ring (bicyclic) bond motifs is 1. The summed E-state index contributed by atoms with van der Waals surface area (Å²) in [5.74, 6) is 0.539. The Morgan fingerprint density at radius 3 is 2.12 bits per heavy atom. The number of nitrogens with one attached hydrogen (secondary N) is 1. The summed E-state index contributed by atoms with van der Waals surface area (Å²) >= 11 is 1.67. The van der Waals surface area contributed by atoms with Crippen LogP contribution in [0.2, 0.25) is 0 Å². The average Bonchev–Trinajstić information content (AvgIpc) is 3.48. The number of Topliss-reactive ketones (excluding diaryl/α,β-unsaturated/α-hetero) is 1. The molecule has 3 N–H and O–H groups in total. The highest BCUT2D eigenvalue weighted by Gasteiger charge is 2.23. The highest BCUT2D eigenvalue weighted by Crippen LogP contribution is 2.31. The molecule has 0 saturated heterocycles. The van der Waals surface area contributed by atoms with E-state index in [0.717, 1.165) is 45.9 Å². The van der Waals surface area contributed by atoms with Gasteiger partial charge >= 0.3 is 6.16 Å². The van der Waals surface area contributed by atoms with Gasteiger partial charge in [-0.25, -0.2) is 9.78 Å². The maximum Gasteiger partial charge on any atom is 0.503 e. The van der Waals surface area contributed by atoms with E-state index in [4.69, 9.17) is 15.0 Å². The molecule has 5 rings (SSSR count). The number of thiazole rings is 1. The highest BCUT2D eigenvalue weighted by molar-refractivity contribution is 7.22. The van der Waals surface area contributed by atoms with Crippen LogP contribution in [0.1, 0.15) is 41.6 Å². The number of hydrogen-bond acceptors (Lipinski definition) is 5. The molecule has 1 aromatic heterocycles. The molecule has 0 spiro atoms. The van der Waals surface area contributed by atoms with Crippen LogP contribution in [0.5, 0.6) is 0 Å². The number of carbonyl (C=O) groups is 2. The van der Waals surface area contributed by atoms with Gasteiger partial charge in [0.25, 0.3) is 0 Å². The zero-order valence-electron chi connectivity index (χ0n) is 18.8. The topological polar surface area (TPSA) is 99.5 Å². The summed E-state index contributed by atoms with van der Waals surface area (Å²) in [4.78, 5) is 25.8. The van der Waals surface area contributed by atoms with Crippen molar-refractivity contribution in [3.8, 4) is 11.1 Å². The first-order valence-electron chi connectivity index (χ1n) is 11.2. The van der Waals surface area contributed by atoms with Crippen LogP contribution in [-0.4, -0.2) is 27.1 Å². The second-order valence-corrected chi connectivity index (χ2v) is 9.43. The largest absolute Gasteiger partial charge is 0.503 e. The van der Waals surface area contributed by atoms with Crippen molar-refractivity contribution in [1.82, 2.24) is 4.98 Å². The van der Waals surface area contributed by atoms with Crippen molar-refractivity contribution in [2.24, 2.45) is 5.92 Å². The van der Waals surface area contributed by atoms with E-state index in [-0.39, 0.29) is 5.92 Å². The lowest BCUT2D eigenvalue weighted by Gasteiger charge is -2.09. The first kappa shape index (κ1) is 23.4. The summed E-state index contributed by atoms with van der Waals surface area (Å²) in [6.07, 6.45) is 2.63. The number of hydrogen-bond donors (Lipinski definition) is 3. The van der Waals surface area contributed by atoms with Crippen LogP contribution in [-0.2, 0) is 0 Å². The lowest BCUT2D eigenvalue weighted by molar-refractivity contribution is 0.0922. The quantitative estimate of drug-likeness (QED) is 0.257. The zero-order chi connectivity index (χ0) is 24.1. The summed E-state index contributed by atoms with van der Waals surface area (Å²) in [6.45, 7) is 2.10. The minimum Gasteiger partial charge on any atom is -0.450 e. The molecule has 1 saturated carbocycles. The van der Waals surface area contributed by atoms with E-state index >= 15 is 0 Å². The molecule has 1 aliphatic rings. The molecular formula is C27H26N2O4S. The number of carboxylic acid groups (broad SMARTS) is 2. The molecule has 6 nitrogen and oxygen atoms in total. The highest BCUT2D eigenvalue weighted by atomic mass is 32.1. The Morgan fingerprint density at radius 1 is 0.912 bits per heavy atom. The Hall–Kier alpha value is -3.71. The second kappa shape index (κ2) is 10.5. The fourth-order valence-corrected chi connectivity index (χ4v) is 5.19. The Balaban J connectivity index is 0.000000636. The number of rotatable bonds is 5. The average molecular weight is 475 g/mol. The van der Waals surface area contributed by atoms with Crippen LogP contribution in [0.25, 0.3) is 21.3 Å². The van der Waals surface area contributed by atoms with Gasteiger partial charge in [-0.05, 0) is 60.7 Å². The summed E-state index contributed by atoms with van der Waals surface area (Å²) in [5.41, 5.74) is 6.40. The van der Waals surface area contributed by atoms with Crippen LogP contribution in [0.3, 0.4) is 0 Å². The van der Waals surface area contributed by atoms with Crippen molar-refractivity contribution in [2.75, 3.05) is 5.32 Å². The van der Waals surface area contributed by atoms with Crippen molar-refractivity contribution in [3.63, 3.8) is 0 Å².